The summed E-state index contributed by atoms with van der Waals surface area (Å²) in [6, 6.07) is 0.168. The third-order valence-electron chi connectivity index (χ3n) is 3.33. The van der Waals surface area contributed by atoms with E-state index >= 15 is 0 Å². The standard InChI is InChI=1S/C12H20N4O/c1-8(2)10-11(13)14-7-15-12(10)16-5-3-4-9(16)6-17/h7-9,17H,3-6H2,1-2H3,(H2,13,14,15). The maximum Gasteiger partial charge on any atom is 0.137 e. The van der Waals surface area contributed by atoms with Crippen molar-refractivity contribution in [1.29, 1.82) is 0 Å². The van der Waals surface area contributed by atoms with Gasteiger partial charge in [-0.2, -0.15) is 0 Å². The number of hydrogen-bond acceptors (Lipinski definition) is 5. The average molecular weight is 236 g/mol. The smallest absolute Gasteiger partial charge is 0.137 e. The molecule has 0 spiro atoms. The molecule has 0 bridgehead atoms. The lowest BCUT2D eigenvalue weighted by Crippen LogP contribution is -2.34. The minimum Gasteiger partial charge on any atom is -0.394 e. The van der Waals surface area contributed by atoms with Gasteiger partial charge >= 0.3 is 0 Å². The van der Waals surface area contributed by atoms with E-state index in [1.54, 1.807) is 0 Å². The second-order valence-electron chi connectivity index (χ2n) is 4.82. The Kier molecular flexibility index (Phi) is 3.47. The first-order valence-corrected chi connectivity index (χ1v) is 6.13. The first-order chi connectivity index (χ1) is 8.15. The number of nitrogens with two attached hydrogens (primary N) is 1. The molecule has 0 saturated carbocycles. The van der Waals surface area contributed by atoms with Crippen molar-refractivity contribution in [3.05, 3.63) is 11.9 Å². The summed E-state index contributed by atoms with van der Waals surface area (Å²) in [4.78, 5) is 10.6. The van der Waals surface area contributed by atoms with Crippen LogP contribution < -0.4 is 10.6 Å². The minimum absolute atomic E-state index is 0.168. The molecule has 0 radical (unpaired) electrons. The van der Waals surface area contributed by atoms with Gasteiger partial charge in [0.25, 0.3) is 0 Å². The SMILES string of the molecule is CC(C)c1c(N)ncnc1N1CCCC1CO. The average Bonchev–Trinajstić information content (AvgIpc) is 2.75. The summed E-state index contributed by atoms with van der Waals surface area (Å²) < 4.78 is 0. The fraction of sp³-hybridized carbons (Fsp3) is 0.667. The van der Waals surface area contributed by atoms with Gasteiger partial charge in [-0.25, -0.2) is 9.97 Å². The molecule has 3 N–H and O–H groups in total. The zero-order chi connectivity index (χ0) is 12.4. The second kappa shape index (κ2) is 4.87. The van der Waals surface area contributed by atoms with Gasteiger partial charge in [0.2, 0.25) is 0 Å². The summed E-state index contributed by atoms with van der Waals surface area (Å²) in [6.07, 6.45) is 3.61. The Labute approximate surface area is 102 Å². The van der Waals surface area contributed by atoms with E-state index in [1.165, 1.54) is 6.33 Å². The van der Waals surface area contributed by atoms with Crippen LogP contribution in [-0.2, 0) is 0 Å². The molecule has 17 heavy (non-hydrogen) atoms. The van der Waals surface area contributed by atoms with Crippen molar-refractivity contribution in [2.75, 3.05) is 23.8 Å². The fourth-order valence-corrected chi connectivity index (χ4v) is 2.49. The molecule has 1 atom stereocenters. The molecule has 2 heterocycles. The predicted molar refractivity (Wildman–Crippen MR) is 68.0 cm³/mol. The lowest BCUT2D eigenvalue weighted by atomic mass is 10.0. The molecule has 5 heteroatoms. The van der Waals surface area contributed by atoms with Crippen molar-refractivity contribution < 1.29 is 5.11 Å². The molecule has 2 rings (SSSR count). The Bertz CT molecular complexity index is 394. The molecular formula is C12H20N4O. The number of nitrogens with zero attached hydrogens (tertiary/aromatic N) is 3. The third-order valence-corrected chi connectivity index (χ3v) is 3.33. The Morgan fingerprint density at radius 1 is 1.53 bits per heavy atom. The lowest BCUT2D eigenvalue weighted by molar-refractivity contribution is 0.266. The summed E-state index contributed by atoms with van der Waals surface area (Å²) in [7, 11) is 0. The van der Waals surface area contributed by atoms with Crippen LogP contribution in [0.1, 0.15) is 38.2 Å². The molecule has 0 aromatic carbocycles. The molecule has 1 saturated heterocycles. The maximum atomic E-state index is 9.38. The second-order valence-corrected chi connectivity index (χ2v) is 4.82. The lowest BCUT2D eigenvalue weighted by Gasteiger charge is -2.27. The van der Waals surface area contributed by atoms with Gasteiger partial charge in [0, 0.05) is 12.1 Å². The van der Waals surface area contributed by atoms with E-state index in [1.807, 2.05) is 0 Å². The molecule has 0 aliphatic carbocycles. The molecule has 1 aliphatic rings. The highest BCUT2D eigenvalue weighted by Crippen LogP contribution is 2.33. The van der Waals surface area contributed by atoms with Crippen molar-refractivity contribution in [3.63, 3.8) is 0 Å². The monoisotopic (exact) mass is 236 g/mol. The van der Waals surface area contributed by atoms with Crippen LogP contribution in [0.15, 0.2) is 6.33 Å². The minimum atomic E-state index is 0.168. The first kappa shape index (κ1) is 12.1. The highest BCUT2D eigenvalue weighted by molar-refractivity contribution is 5.59. The van der Waals surface area contributed by atoms with E-state index in [0.29, 0.717) is 5.82 Å². The Balaban J connectivity index is 2.40. The number of rotatable bonds is 3. The zero-order valence-corrected chi connectivity index (χ0v) is 10.4. The number of aromatic nitrogens is 2. The van der Waals surface area contributed by atoms with Gasteiger partial charge in [-0.1, -0.05) is 13.8 Å². The van der Waals surface area contributed by atoms with Crippen LogP contribution in [0.2, 0.25) is 0 Å². The van der Waals surface area contributed by atoms with Gasteiger partial charge in [0.15, 0.2) is 0 Å². The van der Waals surface area contributed by atoms with E-state index in [4.69, 9.17) is 5.73 Å². The normalized spacial score (nSPS) is 20.2. The van der Waals surface area contributed by atoms with Gasteiger partial charge in [0.1, 0.15) is 18.0 Å². The Morgan fingerprint density at radius 3 is 2.94 bits per heavy atom. The molecule has 1 aromatic heterocycles. The first-order valence-electron chi connectivity index (χ1n) is 6.13. The quantitative estimate of drug-likeness (QED) is 0.823. The molecule has 1 fully saturated rings. The zero-order valence-electron chi connectivity index (χ0n) is 10.4. The van der Waals surface area contributed by atoms with E-state index in [9.17, 15) is 5.11 Å². The largest absolute Gasteiger partial charge is 0.394 e. The summed E-state index contributed by atoms with van der Waals surface area (Å²) >= 11 is 0. The Hall–Kier alpha value is -1.36. The van der Waals surface area contributed by atoms with Crippen molar-refractivity contribution in [3.8, 4) is 0 Å². The van der Waals surface area contributed by atoms with Gasteiger partial charge in [-0.05, 0) is 18.8 Å². The number of hydrogen-bond donors (Lipinski definition) is 2. The van der Waals surface area contributed by atoms with E-state index in [0.717, 1.165) is 30.8 Å². The van der Waals surface area contributed by atoms with Crippen LogP contribution in [0, 0.1) is 0 Å². The highest BCUT2D eigenvalue weighted by atomic mass is 16.3. The van der Waals surface area contributed by atoms with Crippen LogP contribution in [0.3, 0.4) is 0 Å². The van der Waals surface area contributed by atoms with Crippen molar-refractivity contribution in [2.24, 2.45) is 0 Å². The summed E-state index contributed by atoms with van der Waals surface area (Å²) in [5.74, 6) is 1.73. The summed E-state index contributed by atoms with van der Waals surface area (Å²) in [5, 5.41) is 9.38. The van der Waals surface area contributed by atoms with Crippen LogP contribution in [-0.4, -0.2) is 34.3 Å². The third kappa shape index (κ3) is 2.20. The predicted octanol–water partition coefficient (Wildman–Crippen LogP) is 1.14. The van der Waals surface area contributed by atoms with Crippen molar-refractivity contribution in [2.45, 2.75) is 38.6 Å². The molecule has 1 unspecified atom stereocenters. The van der Waals surface area contributed by atoms with Gasteiger partial charge in [0.05, 0.1) is 12.6 Å². The van der Waals surface area contributed by atoms with E-state index in [2.05, 4.69) is 28.7 Å². The van der Waals surface area contributed by atoms with Gasteiger partial charge in [-0.3, -0.25) is 0 Å². The van der Waals surface area contributed by atoms with E-state index < -0.39 is 0 Å². The van der Waals surface area contributed by atoms with Crippen LogP contribution in [0.4, 0.5) is 11.6 Å². The van der Waals surface area contributed by atoms with Gasteiger partial charge in [-0.15, -0.1) is 0 Å². The van der Waals surface area contributed by atoms with Gasteiger partial charge < -0.3 is 15.7 Å². The number of aliphatic hydroxyl groups excluding tert-OH is 1. The summed E-state index contributed by atoms with van der Waals surface area (Å²) in [5.41, 5.74) is 6.93. The van der Waals surface area contributed by atoms with Crippen LogP contribution in [0.5, 0.6) is 0 Å². The molecule has 1 aliphatic heterocycles. The Morgan fingerprint density at radius 2 is 2.29 bits per heavy atom. The number of anilines is 2. The van der Waals surface area contributed by atoms with Crippen molar-refractivity contribution in [1.82, 2.24) is 9.97 Å². The van der Waals surface area contributed by atoms with Crippen molar-refractivity contribution >= 4 is 11.6 Å². The molecule has 94 valence electrons. The molecule has 0 amide bonds. The van der Waals surface area contributed by atoms with Crippen LogP contribution >= 0.6 is 0 Å². The number of nitrogen functional groups attached to an aromatic ring is 1. The number of aliphatic hydroxyl groups is 1. The van der Waals surface area contributed by atoms with E-state index in [-0.39, 0.29) is 18.6 Å². The van der Waals surface area contributed by atoms with Crippen LogP contribution in [0.25, 0.3) is 0 Å². The molecule has 1 aromatic rings. The molecule has 5 nitrogen and oxygen atoms in total. The molecular weight excluding hydrogens is 216 g/mol. The highest BCUT2D eigenvalue weighted by Gasteiger charge is 2.28. The fourth-order valence-electron chi connectivity index (χ4n) is 2.49. The topological polar surface area (TPSA) is 75.3 Å². The summed E-state index contributed by atoms with van der Waals surface area (Å²) in [6.45, 7) is 5.27. The maximum absolute atomic E-state index is 9.38.